The van der Waals surface area contributed by atoms with Crippen LogP contribution in [0.3, 0.4) is 0 Å². The molecule has 11 heteroatoms. The van der Waals surface area contributed by atoms with Crippen molar-refractivity contribution < 1.29 is 45.2 Å². The van der Waals surface area contributed by atoms with E-state index < -0.39 is 53.1 Å². The highest BCUT2D eigenvalue weighted by Gasteiger charge is 2.63. The van der Waals surface area contributed by atoms with E-state index in [0.29, 0.717) is 6.26 Å². The summed E-state index contributed by atoms with van der Waals surface area (Å²) in [6, 6.07) is 15.1. The fourth-order valence-electron chi connectivity index (χ4n) is 2.80. The second kappa shape index (κ2) is 9.08. The van der Waals surface area contributed by atoms with Crippen LogP contribution in [0.4, 0.5) is 8.78 Å². The Bertz CT molecular complexity index is 1030. The molecule has 0 N–H and O–H groups in total. The van der Waals surface area contributed by atoms with Gasteiger partial charge in [0.15, 0.2) is 0 Å². The van der Waals surface area contributed by atoms with Crippen LogP contribution in [0.1, 0.15) is 20.7 Å². The van der Waals surface area contributed by atoms with Crippen molar-refractivity contribution in [2.75, 3.05) is 12.9 Å². The fraction of sp³-hybridized carbons (Fsp3) is 0.300. The summed E-state index contributed by atoms with van der Waals surface area (Å²) in [6.07, 6.45) is -5.94. The average Bonchev–Trinajstić information content (AvgIpc) is 2.95. The quantitative estimate of drug-likeness (QED) is 0.462. The number of ether oxygens (including phenoxy) is 3. The number of alkyl halides is 2. The zero-order chi connectivity index (χ0) is 22.6. The molecule has 1 fully saturated rings. The van der Waals surface area contributed by atoms with Crippen molar-refractivity contribution in [2.24, 2.45) is 0 Å². The van der Waals surface area contributed by atoms with E-state index in [0.717, 1.165) is 0 Å². The second-order valence-electron chi connectivity index (χ2n) is 6.64. The minimum absolute atomic E-state index is 0.00851. The Labute approximate surface area is 176 Å². The molecule has 0 aliphatic carbocycles. The van der Waals surface area contributed by atoms with Gasteiger partial charge < -0.3 is 14.2 Å². The molecule has 31 heavy (non-hydrogen) atoms. The molecule has 8 nitrogen and oxygen atoms in total. The van der Waals surface area contributed by atoms with Crippen molar-refractivity contribution in [2.45, 2.75) is 24.4 Å². The summed E-state index contributed by atoms with van der Waals surface area (Å²) in [7, 11) is -4.33. The van der Waals surface area contributed by atoms with E-state index in [9.17, 15) is 26.8 Å². The Balaban J connectivity index is 1.79. The predicted molar refractivity (Wildman–Crippen MR) is 102 cm³/mol. The van der Waals surface area contributed by atoms with Gasteiger partial charge in [-0.3, -0.25) is 0 Å². The van der Waals surface area contributed by atoms with Gasteiger partial charge in [0.25, 0.3) is 10.1 Å². The van der Waals surface area contributed by atoms with Crippen LogP contribution in [0, 0.1) is 0 Å². The van der Waals surface area contributed by atoms with E-state index in [1.54, 1.807) is 24.3 Å². The van der Waals surface area contributed by atoms with Gasteiger partial charge >= 0.3 is 17.9 Å². The highest BCUT2D eigenvalue weighted by atomic mass is 32.2. The summed E-state index contributed by atoms with van der Waals surface area (Å²) in [5.41, 5.74) is 0.153. The van der Waals surface area contributed by atoms with Crippen molar-refractivity contribution in [1.29, 1.82) is 0 Å². The van der Waals surface area contributed by atoms with Crippen LogP contribution in [0.25, 0.3) is 0 Å². The number of carbonyl (C=O) groups is 2. The van der Waals surface area contributed by atoms with E-state index >= 15 is 0 Å². The highest BCUT2D eigenvalue weighted by Crippen LogP contribution is 2.40. The minimum Gasteiger partial charge on any atom is -0.459 e. The molecule has 1 unspecified atom stereocenters. The molecule has 1 aliphatic heterocycles. The Morgan fingerprint density at radius 1 is 0.968 bits per heavy atom. The number of rotatable bonds is 7. The van der Waals surface area contributed by atoms with Crippen molar-refractivity contribution in [3.8, 4) is 0 Å². The Hall–Kier alpha value is -2.89. The van der Waals surface area contributed by atoms with Crippen molar-refractivity contribution >= 4 is 22.1 Å². The van der Waals surface area contributed by atoms with E-state index in [2.05, 4.69) is 4.18 Å². The summed E-state index contributed by atoms with van der Waals surface area (Å²) in [6.45, 7) is -0.736. The molecule has 3 atom stereocenters. The van der Waals surface area contributed by atoms with Crippen molar-refractivity contribution in [1.82, 2.24) is 0 Å². The molecule has 0 aromatic heterocycles. The lowest BCUT2D eigenvalue weighted by atomic mass is 10.1. The SMILES string of the molecule is CS(=O)(=O)O[C@@H]1O[C@H](COC(=O)c2ccccc2)C(OC(=O)c2ccccc2)C1(F)F. The molecule has 0 bridgehead atoms. The lowest BCUT2D eigenvalue weighted by Crippen LogP contribution is -2.45. The maximum atomic E-state index is 14.8. The Morgan fingerprint density at radius 2 is 1.48 bits per heavy atom. The Kier molecular flexibility index (Phi) is 6.68. The molecule has 0 saturated carbocycles. The van der Waals surface area contributed by atoms with Gasteiger partial charge in [0.1, 0.15) is 12.7 Å². The molecule has 2 aromatic rings. The van der Waals surface area contributed by atoms with Gasteiger partial charge in [-0.05, 0) is 24.3 Å². The fourth-order valence-corrected chi connectivity index (χ4v) is 3.29. The summed E-state index contributed by atoms with van der Waals surface area (Å²) in [4.78, 5) is 24.4. The zero-order valence-corrected chi connectivity index (χ0v) is 17.0. The Morgan fingerprint density at radius 3 is 2.00 bits per heavy atom. The standard InChI is InChI=1S/C20H18F2O8S/c1-31(25,26)30-19-20(21,22)16(29-18(24)14-10-6-3-7-11-14)15(28-19)12-27-17(23)13-8-4-2-5-9-13/h2-11,15-16,19H,12H2,1H3/t15-,16?,19+/m1/s1. The molecular formula is C20H18F2O8S. The molecule has 0 spiro atoms. The molecule has 3 rings (SSSR count). The zero-order valence-electron chi connectivity index (χ0n) is 16.1. The molecular weight excluding hydrogens is 438 g/mol. The normalized spacial score (nSPS) is 22.6. The number of carbonyl (C=O) groups excluding carboxylic acids is 2. The smallest absolute Gasteiger partial charge is 0.338 e. The first-order valence-electron chi connectivity index (χ1n) is 8.97. The topological polar surface area (TPSA) is 105 Å². The van der Waals surface area contributed by atoms with Crippen LogP contribution in [0.2, 0.25) is 0 Å². The monoisotopic (exact) mass is 456 g/mol. The van der Waals surface area contributed by atoms with Crippen LogP contribution in [0.15, 0.2) is 60.7 Å². The molecule has 0 amide bonds. The predicted octanol–water partition coefficient (Wildman–Crippen LogP) is 2.41. The molecule has 1 aliphatic rings. The lowest BCUT2D eigenvalue weighted by molar-refractivity contribution is -0.183. The summed E-state index contributed by atoms with van der Waals surface area (Å²) in [5.74, 6) is -5.96. The molecule has 166 valence electrons. The number of benzene rings is 2. The number of hydrogen-bond donors (Lipinski definition) is 0. The maximum absolute atomic E-state index is 14.8. The third kappa shape index (κ3) is 5.63. The van der Waals surface area contributed by atoms with E-state index in [-0.39, 0.29) is 11.1 Å². The lowest BCUT2D eigenvalue weighted by Gasteiger charge is -2.23. The molecule has 2 aromatic carbocycles. The van der Waals surface area contributed by atoms with Gasteiger partial charge in [-0.25, -0.2) is 13.8 Å². The van der Waals surface area contributed by atoms with Gasteiger partial charge in [-0.1, -0.05) is 36.4 Å². The van der Waals surface area contributed by atoms with Gasteiger partial charge in [0, 0.05) is 0 Å². The second-order valence-corrected chi connectivity index (χ2v) is 8.24. The van der Waals surface area contributed by atoms with Crippen LogP contribution >= 0.6 is 0 Å². The number of esters is 2. The average molecular weight is 456 g/mol. The minimum atomic E-state index is -4.33. The summed E-state index contributed by atoms with van der Waals surface area (Å²) < 4.78 is 71.6. The van der Waals surface area contributed by atoms with Gasteiger partial charge in [-0.2, -0.15) is 17.2 Å². The molecule has 1 saturated heterocycles. The van der Waals surface area contributed by atoms with Crippen molar-refractivity contribution in [3.05, 3.63) is 71.8 Å². The van der Waals surface area contributed by atoms with E-state index in [1.807, 2.05) is 0 Å². The van der Waals surface area contributed by atoms with Gasteiger partial charge in [0.05, 0.1) is 17.4 Å². The summed E-state index contributed by atoms with van der Waals surface area (Å²) in [5, 5.41) is 0. The first-order chi connectivity index (χ1) is 14.6. The van der Waals surface area contributed by atoms with Crippen LogP contribution in [0.5, 0.6) is 0 Å². The largest absolute Gasteiger partial charge is 0.459 e. The van der Waals surface area contributed by atoms with Crippen LogP contribution in [-0.4, -0.2) is 57.6 Å². The third-order valence-electron chi connectivity index (χ3n) is 4.22. The van der Waals surface area contributed by atoms with E-state index in [1.165, 1.54) is 36.4 Å². The van der Waals surface area contributed by atoms with Gasteiger partial charge in [-0.15, -0.1) is 0 Å². The van der Waals surface area contributed by atoms with Crippen LogP contribution in [-0.2, 0) is 28.5 Å². The third-order valence-corrected chi connectivity index (χ3v) is 4.75. The maximum Gasteiger partial charge on any atom is 0.338 e. The first-order valence-corrected chi connectivity index (χ1v) is 10.8. The molecule has 0 radical (unpaired) electrons. The van der Waals surface area contributed by atoms with Crippen molar-refractivity contribution in [3.63, 3.8) is 0 Å². The van der Waals surface area contributed by atoms with E-state index in [4.69, 9.17) is 14.2 Å². The molecule has 1 heterocycles. The number of halogens is 2. The first kappa shape index (κ1) is 22.8. The summed E-state index contributed by atoms with van der Waals surface area (Å²) >= 11 is 0. The highest BCUT2D eigenvalue weighted by molar-refractivity contribution is 7.86. The number of hydrogen-bond acceptors (Lipinski definition) is 8. The van der Waals surface area contributed by atoms with Crippen LogP contribution < -0.4 is 0 Å². The van der Waals surface area contributed by atoms with Gasteiger partial charge in [0.2, 0.25) is 12.4 Å².